The summed E-state index contributed by atoms with van der Waals surface area (Å²) in [4.78, 5) is 0. The number of benzene rings is 1. The number of rotatable bonds is 6. The summed E-state index contributed by atoms with van der Waals surface area (Å²) in [5.74, 6) is 0. The molecule has 3 nitrogen and oxygen atoms in total. The fraction of sp³-hybridized carbons (Fsp3) is 0.625. The third-order valence-electron chi connectivity index (χ3n) is 3.87. The minimum atomic E-state index is -0.452. The topological polar surface area (TPSA) is 41.5 Å². The molecule has 3 atom stereocenters. The molecule has 106 valence electrons. The van der Waals surface area contributed by atoms with E-state index in [1.165, 1.54) is 5.56 Å². The minimum absolute atomic E-state index is 0.0897. The maximum Gasteiger partial charge on any atom is 0.0942 e. The number of hydrogen-bond acceptors (Lipinski definition) is 3. The van der Waals surface area contributed by atoms with E-state index in [1.807, 2.05) is 24.3 Å². The molecule has 0 aliphatic carbocycles. The van der Waals surface area contributed by atoms with E-state index in [-0.39, 0.29) is 6.04 Å². The second kappa shape index (κ2) is 7.04. The van der Waals surface area contributed by atoms with Gasteiger partial charge in [0.25, 0.3) is 0 Å². The van der Waals surface area contributed by atoms with Crippen molar-refractivity contribution in [3.8, 4) is 0 Å². The Morgan fingerprint density at radius 1 is 1.37 bits per heavy atom. The van der Waals surface area contributed by atoms with E-state index < -0.39 is 6.10 Å². The first kappa shape index (κ1) is 14.5. The Labute approximate surface area is 116 Å². The predicted octanol–water partition coefficient (Wildman–Crippen LogP) is 2.58. The van der Waals surface area contributed by atoms with Crippen LogP contribution < -0.4 is 5.32 Å². The van der Waals surface area contributed by atoms with Crippen molar-refractivity contribution in [1.82, 2.24) is 5.32 Å². The molecule has 2 N–H and O–H groups in total. The Bertz CT molecular complexity index is 371. The normalized spacial score (nSPS) is 22.4. The van der Waals surface area contributed by atoms with Gasteiger partial charge in [0.05, 0.1) is 12.2 Å². The fourth-order valence-electron chi connectivity index (χ4n) is 2.56. The average molecular weight is 263 g/mol. The summed E-state index contributed by atoms with van der Waals surface area (Å²) in [6, 6.07) is 8.20. The third-order valence-corrected chi connectivity index (χ3v) is 3.87. The van der Waals surface area contributed by atoms with Gasteiger partial charge in [0.15, 0.2) is 0 Å². The van der Waals surface area contributed by atoms with Crippen LogP contribution in [-0.2, 0) is 4.74 Å². The van der Waals surface area contributed by atoms with Crippen LogP contribution in [0.25, 0.3) is 0 Å². The highest BCUT2D eigenvalue weighted by atomic mass is 16.5. The number of nitrogens with one attached hydrogen (secondary N) is 1. The molecule has 0 amide bonds. The van der Waals surface area contributed by atoms with Gasteiger partial charge in [0.1, 0.15) is 0 Å². The molecule has 0 radical (unpaired) electrons. The lowest BCUT2D eigenvalue weighted by atomic mass is 9.99. The molecule has 3 heteroatoms. The highest BCUT2D eigenvalue weighted by molar-refractivity contribution is 5.24. The van der Waals surface area contributed by atoms with Gasteiger partial charge < -0.3 is 15.2 Å². The van der Waals surface area contributed by atoms with Crippen LogP contribution in [0, 0.1) is 6.92 Å². The van der Waals surface area contributed by atoms with Crippen LogP contribution in [0.2, 0.25) is 0 Å². The van der Waals surface area contributed by atoms with Gasteiger partial charge in [-0.25, -0.2) is 0 Å². The van der Waals surface area contributed by atoms with Gasteiger partial charge in [0, 0.05) is 19.2 Å². The number of aryl methyl sites for hydroxylation is 1. The van der Waals surface area contributed by atoms with Crippen LogP contribution in [-0.4, -0.2) is 30.4 Å². The van der Waals surface area contributed by atoms with Gasteiger partial charge >= 0.3 is 0 Å². The highest BCUT2D eigenvalue weighted by Crippen LogP contribution is 2.20. The lowest BCUT2D eigenvalue weighted by molar-refractivity contribution is 0.0866. The molecule has 1 saturated heterocycles. The maximum atomic E-state index is 10.4. The minimum Gasteiger partial charge on any atom is -0.387 e. The van der Waals surface area contributed by atoms with E-state index in [2.05, 4.69) is 19.2 Å². The molecule has 0 aromatic heterocycles. The van der Waals surface area contributed by atoms with Crippen LogP contribution in [0.3, 0.4) is 0 Å². The van der Waals surface area contributed by atoms with Gasteiger partial charge in [-0.2, -0.15) is 0 Å². The summed E-state index contributed by atoms with van der Waals surface area (Å²) in [6.07, 6.45) is 3.06. The first-order valence-electron chi connectivity index (χ1n) is 7.30. The Morgan fingerprint density at radius 3 is 2.68 bits per heavy atom. The van der Waals surface area contributed by atoms with Crippen molar-refractivity contribution >= 4 is 0 Å². The third kappa shape index (κ3) is 4.03. The number of ether oxygens (including phenoxy) is 1. The molecule has 0 spiro atoms. The fourth-order valence-corrected chi connectivity index (χ4v) is 2.56. The van der Waals surface area contributed by atoms with Crippen LogP contribution >= 0.6 is 0 Å². The van der Waals surface area contributed by atoms with Gasteiger partial charge in [-0.15, -0.1) is 0 Å². The molecule has 1 fully saturated rings. The first-order chi connectivity index (χ1) is 9.20. The average Bonchev–Trinajstić information content (AvgIpc) is 2.93. The lowest BCUT2D eigenvalue weighted by Crippen LogP contribution is -2.39. The van der Waals surface area contributed by atoms with Crippen molar-refractivity contribution in [3.63, 3.8) is 0 Å². The standard InChI is InChI=1S/C16H25NO2/c1-3-15(17-11-14-5-4-10-19-14)16(18)13-8-6-12(2)7-9-13/h6-9,14-18H,3-5,10-11H2,1-2H3. The summed E-state index contributed by atoms with van der Waals surface area (Å²) in [7, 11) is 0. The molecule has 19 heavy (non-hydrogen) atoms. The van der Waals surface area contributed by atoms with E-state index in [0.29, 0.717) is 6.10 Å². The van der Waals surface area contributed by atoms with Crippen LogP contribution in [0.5, 0.6) is 0 Å². The zero-order chi connectivity index (χ0) is 13.7. The molecule has 1 heterocycles. The monoisotopic (exact) mass is 263 g/mol. The van der Waals surface area contributed by atoms with Crippen molar-refractivity contribution in [2.45, 2.75) is 51.4 Å². The summed E-state index contributed by atoms with van der Waals surface area (Å²) < 4.78 is 5.60. The second-order valence-electron chi connectivity index (χ2n) is 5.41. The molecule has 0 bridgehead atoms. The molecule has 3 unspecified atom stereocenters. The quantitative estimate of drug-likeness (QED) is 0.829. The Balaban J connectivity index is 1.90. The van der Waals surface area contributed by atoms with Gasteiger partial charge in [-0.1, -0.05) is 36.8 Å². The SMILES string of the molecule is CCC(NCC1CCCO1)C(O)c1ccc(C)cc1. The number of aliphatic hydroxyl groups excluding tert-OH is 1. The van der Waals surface area contributed by atoms with E-state index in [0.717, 1.165) is 38.0 Å². The Hall–Kier alpha value is -0.900. The summed E-state index contributed by atoms with van der Waals surface area (Å²) >= 11 is 0. The zero-order valence-electron chi connectivity index (χ0n) is 11.9. The van der Waals surface area contributed by atoms with E-state index in [4.69, 9.17) is 4.74 Å². The van der Waals surface area contributed by atoms with E-state index >= 15 is 0 Å². The smallest absolute Gasteiger partial charge is 0.0942 e. The van der Waals surface area contributed by atoms with Crippen molar-refractivity contribution in [2.75, 3.05) is 13.2 Å². The molecular formula is C16H25NO2. The Kier molecular flexibility index (Phi) is 5.37. The Morgan fingerprint density at radius 2 is 2.11 bits per heavy atom. The second-order valence-corrected chi connectivity index (χ2v) is 5.41. The summed E-state index contributed by atoms with van der Waals surface area (Å²) in [5, 5.41) is 13.9. The van der Waals surface area contributed by atoms with Gasteiger partial charge in [-0.05, 0) is 31.7 Å². The predicted molar refractivity (Wildman–Crippen MR) is 77.2 cm³/mol. The molecule has 0 saturated carbocycles. The molecular weight excluding hydrogens is 238 g/mol. The van der Waals surface area contributed by atoms with E-state index in [9.17, 15) is 5.11 Å². The van der Waals surface area contributed by atoms with E-state index in [1.54, 1.807) is 0 Å². The van der Waals surface area contributed by atoms with Crippen molar-refractivity contribution in [3.05, 3.63) is 35.4 Å². The van der Waals surface area contributed by atoms with Crippen molar-refractivity contribution in [1.29, 1.82) is 0 Å². The van der Waals surface area contributed by atoms with Crippen molar-refractivity contribution < 1.29 is 9.84 Å². The van der Waals surface area contributed by atoms with Crippen molar-refractivity contribution in [2.24, 2.45) is 0 Å². The highest BCUT2D eigenvalue weighted by Gasteiger charge is 2.21. The summed E-state index contributed by atoms with van der Waals surface area (Å²) in [5.41, 5.74) is 2.20. The molecule has 1 aromatic carbocycles. The number of hydrogen-bond donors (Lipinski definition) is 2. The van der Waals surface area contributed by atoms with Crippen LogP contribution in [0.4, 0.5) is 0 Å². The van der Waals surface area contributed by atoms with Gasteiger partial charge in [0.2, 0.25) is 0 Å². The molecule has 1 aliphatic heterocycles. The number of aliphatic hydroxyl groups is 1. The molecule has 2 rings (SSSR count). The first-order valence-corrected chi connectivity index (χ1v) is 7.30. The van der Waals surface area contributed by atoms with Crippen LogP contribution in [0.1, 0.15) is 43.4 Å². The molecule has 1 aliphatic rings. The van der Waals surface area contributed by atoms with Gasteiger partial charge in [-0.3, -0.25) is 0 Å². The lowest BCUT2D eigenvalue weighted by Gasteiger charge is -2.25. The zero-order valence-corrected chi connectivity index (χ0v) is 11.9. The largest absolute Gasteiger partial charge is 0.387 e. The maximum absolute atomic E-state index is 10.4. The molecule has 1 aromatic rings. The van der Waals surface area contributed by atoms with Crippen LogP contribution in [0.15, 0.2) is 24.3 Å². The summed E-state index contributed by atoms with van der Waals surface area (Å²) in [6.45, 7) is 5.87.